The third-order valence-corrected chi connectivity index (χ3v) is 3.05. The van der Waals surface area contributed by atoms with E-state index in [1.807, 2.05) is 34.6 Å². The van der Waals surface area contributed by atoms with E-state index < -0.39 is 5.60 Å². The Bertz CT molecular complexity index is 276. The summed E-state index contributed by atoms with van der Waals surface area (Å²) in [5, 5.41) is 2.92. The first-order valence-corrected chi connectivity index (χ1v) is 6.64. The van der Waals surface area contributed by atoms with Crippen LogP contribution in [0.25, 0.3) is 0 Å². The lowest BCUT2D eigenvalue weighted by atomic mass is 9.76. The Morgan fingerprint density at radius 1 is 1.17 bits per heavy atom. The predicted octanol–water partition coefficient (Wildman–Crippen LogP) is 3.05. The van der Waals surface area contributed by atoms with Crippen LogP contribution in [0.2, 0.25) is 0 Å². The molecule has 0 aliphatic rings. The van der Waals surface area contributed by atoms with E-state index in [2.05, 4.69) is 19.2 Å². The highest BCUT2D eigenvalue weighted by Crippen LogP contribution is 2.30. The molecule has 18 heavy (non-hydrogen) atoms. The number of hydrogen-bond donors (Lipinski definition) is 2. The highest BCUT2D eigenvalue weighted by atomic mass is 16.6. The van der Waals surface area contributed by atoms with Gasteiger partial charge >= 0.3 is 6.09 Å². The molecule has 4 heteroatoms. The van der Waals surface area contributed by atoms with E-state index >= 15 is 0 Å². The molecule has 108 valence electrons. The van der Waals surface area contributed by atoms with Crippen molar-refractivity contribution in [1.82, 2.24) is 5.32 Å². The predicted molar refractivity (Wildman–Crippen MR) is 75.5 cm³/mol. The Morgan fingerprint density at radius 2 is 1.67 bits per heavy atom. The van der Waals surface area contributed by atoms with Crippen molar-refractivity contribution in [2.75, 3.05) is 6.54 Å². The summed E-state index contributed by atoms with van der Waals surface area (Å²) in [5.41, 5.74) is 5.06. The summed E-state index contributed by atoms with van der Waals surface area (Å²) in [6.07, 6.45) is 1.44. The molecule has 0 aliphatic carbocycles. The van der Waals surface area contributed by atoms with Crippen LogP contribution in [-0.2, 0) is 4.74 Å². The molecule has 0 radical (unpaired) electrons. The molecule has 0 aromatic heterocycles. The highest BCUT2D eigenvalue weighted by molar-refractivity contribution is 5.68. The van der Waals surface area contributed by atoms with Crippen molar-refractivity contribution in [3.63, 3.8) is 0 Å². The molecule has 0 spiro atoms. The minimum atomic E-state index is -0.470. The first-order chi connectivity index (χ1) is 7.93. The summed E-state index contributed by atoms with van der Waals surface area (Å²) in [6, 6.07) is 0. The maximum absolute atomic E-state index is 11.8. The van der Waals surface area contributed by atoms with E-state index in [4.69, 9.17) is 10.5 Å². The zero-order chi connectivity index (χ0) is 14.6. The molecular formula is C14H30N2O2. The van der Waals surface area contributed by atoms with E-state index in [1.165, 1.54) is 0 Å². The van der Waals surface area contributed by atoms with Gasteiger partial charge in [0.2, 0.25) is 0 Å². The third-order valence-electron chi connectivity index (χ3n) is 3.05. The van der Waals surface area contributed by atoms with E-state index in [1.54, 1.807) is 0 Å². The van der Waals surface area contributed by atoms with Crippen LogP contribution in [0.1, 0.15) is 61.3 Å². The number of alkyl carbamates (subject to hydrolysis) is 1. The number of ether oxygens (including phenoxy) is 1. The highest BCUT2D eigenvalue weighted by Gasteiger charge is 2.32. The summed E-state index contributed by atoms with van der Waals surface area (Å²) in [4.78, 5) is 11.8. The SMILES string of the molecule is CCC(C)(CN)CC(C)(C)NC(=O)OC(C)(C)C. The maximum atomic E-state index is 11.8. The molecule has 4 nitrogen and oxygen atoms in total. The fraction of sp³-hybridized carbons (Fsp3) is 0.929. The monoisotopic (exact) mass is 258 g/mol. The van der Waals surface area contributed by atoms with Crippen molar-refractivity contribution in [3.05, 3.63) is 0 Å². The molecular weight excluding hydrogens is 228 g/mol. The molecule has 0 aliphatic heterocycles. The van der Waals surface area contributed by atoms with Crippen LogP contribution in [0.15, 0.2) is 0 Å². The number of nitrogens with one attached hydrogen (secondary N) is 1. The topological polar surface area (TPSA) is 64.3 Å². The number of amides is 1. The van der Waals surface area contributed by atoms with Crippen LogP contribution < -0.4 is 11.1 Å². The van der Waals surface area contributed by atoms with Crippen molar-refractivity contribution < 1.29 is 9.53 Å². The molecule has 0 saturated heterocycles. The smallest absolute Gasteiger partial charge is 0.408 e. The number of carbonyl (C=O) groups excluding carboxylic acids is 1. The van der Waals surface area contributed by atoms with Crippen LogP contribution in [0.4, 0.5) is 4.79 Å². The van der Waals surface area contributed by atoms with Gasteiger partial charge in [-0.05, 0) is 59.4 Å². The van der Waals surface area contributed by atoms with Crippen molar-refractivity contribution in [1.29, 1.82) is 0 Å². The lowest BCUT2D eigenvalue weighted by molar-refractivity contribution is 0.0442. The Morgan fingerprint density at radius 3 is 2.00 bits per heavy atom. The van der Waals surface area contributed by atoms with Gasteiger partial charge in [0, 0.05) is 5.54 Å². The van der Waals surface area contributed by atoms with Crippen molar-refractivity contribution in [3.8, 4) is 0 Å². The molecule has 0 rings (SSSR count). The molecule has 0 bridgehead atoms. The molecule has 0 heterocycles. The summed E-state index contributed by atoms with van der Waals surface area (Å²) < 4.78 is 5.27. The van der Waals surface area contributed by atoms with Gasteiger partial charge in [-0.2, -0.15) is 0 Å². The molecule has 0 aromatic rings. The van der Waals surface area contributed by atoms with Gasteiger partial charge in [-0.3, -0.25) is 0 Å². The third kappa shape index (κ3) is 6.84. The Kier molecular flexibility index (Phi) is 5.66. The summed E-state index contributed by atoms with van der Waals surface area (Å²) in [5.74, 6) is 0. The van der Waals surface area contributed by atoms with Gasteiger partial charge in [-0.15, -0.1) is 0 Å². The fourth-order valence-electron chi connectivity index (χ4n) is 2.03. The van der Waals surface area contributed by atoms with Crippen LogP contribution >= 0.6 is 0 Å². The first-order valence-electron chi connectivity index (χ1n) is 6.64. The maximum Gasteiger partial charge on any atom is 0.408 e. The molecule has 0 saturated carbocycles. The van der Waals surface area contributed by atoms with E-state index in [-0.39, 0.29) is 17.0 Å². The van der Waals surface area contributed by atoms with Crippen LogP contribution in [0.3, 0.4) is 0 Å². The van der Waals surface area contributed by atoms with Gasteiger partial charge < -0.3 is 15.8 Å². The second kappa shape index (κ2) is 5.91. The van der Waals surface area contributed by atoms with Gasteiger partial charge in [-0.25, -0.2) is 4.79 Å². The quantitative estimate of drug-likeness (QED) is 0.796. The number of nitrogens with two attached hydrogens (primary N) is 1. The minimum Gasteiger partial charge on any atom is -0.444 e. The number of carbonyl (C=O) groups is 1. The average Bonchev–Trinajstić information content (AvgIpc) is 2.12. The molecule has 3 N–H and O–H groups in total. The molecule has 0 aromatic carbocycles. The summed E-state index contributed by atoms with van der Waals surface area (Å²) in [7, 11) is 0. The molecule has 1 atom stereocenters. The second-order valence-corrected chi connectivity index (χ2v) is 7.06. The number of hydrogen-bond acceptors (Lipinski definition) is 3. The fourth-order valence-corrected chi connectivity index (χ4v) is 2.03. The van der Waals surface area contributed by atoms with Crippen molar-refractivity contribution in [2.45, 2.75) is 72.4 Å². The van der Waals surface area contributed by atoms with Gasteiger partial charge in [0.25, 0.3) is 0 Å². The van der Waals surface area contributed by atoms with Gasteiger partial charge in [0.05, 0.1) is 0 Å². The van der Waals surface area contributed by atoms with Crippen LogP contribution in [0, 0.1) is 5.41 Å². The standard InChI is InChI=1S/C14H30N2O2/c1-8-14(7,10-15)9-13(5,6)16-11(17)18-12(2,3)4/h8-10,15H2,1-7H3,(H,16,17). The second-order valence-electron chi connectivity index (χ2n) is 7.06. The lowest BCUT2D eigenvalue weighted by Crippen LogP contribution is -2.49. The van der Waals surface area contributed by atoms with Crippen molar-refractivity contribution in [2.24, 2.45) is 11.1 Å². The average molecular weight is 258 g/mol. The first kappa shape index (κ1) is 17.2. The Labute approximate surface area is 112 Å². The zero-order valence-corrected chi connectivity index (χ0v) is 13.0. The zero-order valence-electron chi connectivity index (χ0n) is 13.0. The summed E-state index contributed by atoms with van der Waals surface area (Å²) in [6.45, 7) is 14.5. The molecule has 0 fully saturated rings. The summed E-state index contributed by atoms with van der Waals surface area (Å²) >= 11 is 0. The van der Waals surface area contributed by atoms with E-state index in [0.717, 1.165) is 12.8 Å². The van der Waals surface area contributed by atoms with Gasteiger partial charge in [0.15, 0.2) is 0 Å². The Hall–Kier alpha value is -0.770. The van der Waals surface area contributed by atoms with E-state index in [0.29, 0.717) is 6.54 Å². The van der Waals surface area contributed by atoms with E-state index in [9.17, 15) is 4.79 Å². The Balaban J connectivity index is 4.52. The largest absolute Gasteiger partial charge is 0.444 e. The van der Waals surface area contributed by atoms with Crippen LogP contribution in [0.5, 0.6) is 0 Å². The minimum absolute atomic E-state index is 0.0402. The normalized spacial score (nSPS) is 16.0. The number of rotatable bonds is 5. The molecule has 1 unspecified atom stereocenters. The van der Waals surface area contributed by atoms with Crippen LogP contribution in [-0.4, -0.2) is 23.8 Å². The molecule has 1 amide bonds. The lowest BCUT2D eigenvalue weighted by Gasteiger charge is -2.37. The van der Waals surface area contributed by atoms with Gasteiger partial charge in [0.1, 0.15) is 5.60 Å². The van der Waals surface area contributed by atoms with Crippen molar-refractivity contribution >= 4 is 6.09 Å². The van der Waals surface area contributed by atoms with Gasteiger partial charge in [-0.1, -0.05) is 13.8 Å².